The molecule has 0 radical (unpaired) electrons. The number of ketones is 1. The molecule has 0 aliphatic heterocycles. The average molecular weight is 341 g/mol. The van der Waals surface area contributed by atoms with Gasteiger partial charge in [-0.25, -0.2) is 4.98 Å². The lowest BCUT2D eigenvalue weighted by atomic mass is 10.0. The molecular weight excluding hydrogens is 331 g/mol. The number of aromatic amines is 1. The number of hydrogen-bond donors (Lipinski definition) is 1. The Balaban J connectivity index is 2.16. The molecule has 0 spiro atoms. The van der Waals surface area contributed by atoms with Crippen LogP contribution in [0, 0.1) is 6.92 Å². The van der Waals surface area contributed by atoms with Gasteiger partial charge in [-0.15, -0.1) is 11.3 Å². The molecule has 0 amide bonds. The van der Waals surface area contributed by atoms with Crippen LogP contribution in [-0.4, -0.2) is 20.5 Å². The molecule has 0 saturated carbocycles. The van der Waals surface area contributed by atoms with Crippen LogP contribution in [0.15, 0.2) is 23.1 Å². The van der Waals surface area contributed by atoms with Gasteiger partial charge in [-0.1, -0.05) is 0 Å². The van der Waals surface area contributed by atoms with Crippen molar-refractivity contribution >= 4 is 27.3 Å². The van der Waals surface area contributed by atoms with Crippen molar-refractivity contribution in [3.8, 4) is 0 Å². The van der Waals surface area contributed by atoms with E-state index in [1.165, 1.54) is 32.3 Å². The predicted octanol–water partition coefficient (Wildman–Crippen LogP) is 2.88. The summed E-state index contributed by atoms with van der Waals surface area (Å²) in [4.78, 5) is 27.9. The second-order valence-corrected chi connectivity index (χ2v) is 6.01. The number of aryl methyl sites for hydroxylation is 2. The maximum atomic E-state index is 12.8. The van der Waals surface area contributed by atoms with Crippen LogP contribution in [0.3, 0.4) is 0 Å². The Morgan fingerprint density at radius 2 is 2.00 bits per heavy atom. The van der Waals surface area contributed by atoms with Crippen molar-refractivity contribution in [3.05, 3.63) is 50.4 Å². The Bertz CT molecular complexity index is 981. The minimum absolute atomic E-state index is 0.0683. The number of benzene rings is 1. The highest BCUT2D eigenvalue weighted by atomic mass is 32.1. The normalized spacial score (nSPS) is 12.0. The molecular formula is C14H10F3N3O2S. The van der Waals surface area contributed by atoms with Gasteiger partial charge in [-0.05, 0) is 24.6 Å². The van der Waals surface area contributed by atoms with E-state index in [-0.39, 0.29) is 16.6 Å². The highest BCUT2D eigenvalue weighted by molar-refractivity contribution is 7.18. The molecule has 3 aromatic rings. The molecule has 0 bridgehead atoms. The topological polar surface area (TPSA) is 67.8 Å². The number of carbonyl (C=O) groups is 1. The number of fused-ring (bicyclic) bond motifs is 1. The van der Waals surface area contributed by atoms with Crippen LogP contribution in [0.4, 0.5) is 13.2 Å². The number of rotatable bonds is 2. The summed E-state index contributed by atoms with van der Waals surface area (Å²) >= 11 is 0.522. The van der Waals surface area contributed by atoms with E-state index in [2.05, 4.69) is 10.1 Å². The first-order chi connectivity index (χ1) is 10.7. The summed E-state index contributed by atoms with van der Waals surface area (Å²) in [6.45, 7) is 1.52. The van der Waals surface area contributed by atoms with Gasteiger partial charge in [-0.2, -0.15) is 13.2 Å². The summed E-state index contributed by atoms with van der Waals surface area (Å²) in [6.07, 6.45) is -3.26. The van der Waals surface area contributed by atoms with E-state index in [1.807, 2.05) is 0 Å². The molecule has 2 aromatic heterocycles. The summed E-state index contributed by atoms with van der Waals surface area (Å²) in [5, 5.41) is 1.63. The van der Waals surface area contributed by atoms with Crippen molar-refractivity contribution in [1.82, 2.24) is 14.8 Å². The van der Waals surface area contributed by atoms with E-state index < -0.39 is 22.5 Å². The van der Waals surface area contributed by atoms with Gasteiger partial charge in [0.05, 0.1) is 10.2 Å². The van der Waals surface area contributed by atoms with Crippen LogP contribution in [0.2, 0.25) is 0 Å². The lowest BCUT2D eigenvalue weighted by molar-refractivity contribution is -0.137. The van der Waals surface area contributed by atoms with Crippen LogP contribution < -0.4 is 5.56 Å². The first kappa shape index (κ1) is 15.5. The number of alkyl halides is 3. The summed E-state index contributed by atoms with van der Waals surface area (Å²) in [5.41, 5.74) is 0.0428. The third-order valence-corrected chi connectivity index (χ3v) is 4.55. The molecule has 3 rings (SSSR count). The Morgan fingerprint density at radius 3 is 2.57 bits per heavy atom. The summed E-state index contributed by atoms with van der Waals surface area (Å²) < 4.78 is 39.8. The molecule has 1 N–H and O–H groups in total. The SMILES string of the molecule is Cc1c(C(=O)c2c[nH]n(C)c2=O)ccc2sc(C(F)(F)F)nc12. The van der Waals surface area contributed by atoms with E-state index >= 15 is 0 Å². The lowest BCUT2D eigenvalue weighted by Gasteiger charge is -2.03. The third kappa shape index (κ3) is 2.46. The van der Waals surface area contributed by atoms with E-state index in [1.54, 1.807) is 0 Å². The van der Waals surface area contributed by atoms with Crippen molar-refractivity contribution in [2.24, 2.45) is 7.05 Å². The van der Waals surface area contributed by atoms with E-state index in [0.717, 1.165) is 4.68 Å². The number of thiazole rings is 1. The zero-order valence-electron chi connectivity index (χ0n) is 12.0. The van der Waals surface area contributed by atoms with Crippen molar-refractivity contribution in [1.29, 1.82) is 0 Å². The monoisotopic (exact) mass is 341 g/mol. The molecule has 2 heterocycles. The zero-order valence-corrected chi connectivity index (χ0v) is 12.8. The number of aromatic nitrogens is 3. The van der Waals surface area contributed by atoms with Gasteiger partial charge < -0.3 is 5.10 Å². The molecule has 0 saturated heterocycles. The van der Waals surface area contributed by atoms with Gasteiger partial charge in [0.2, 0.25) is 5.78 Å². The highest BCUT2D eigenvalue weighted by Crippen LogP contribution is 2.37. The molecule has 0 aliphatic carbocycles. The van der Waals surface area contributed by atoms with Crippen molar-refractivity contribution in [2.75, 3.05) is 0 Å². The maximum Gasteiger partial charge on any atom is 0.443 e. The number of H-pyrrole nitrogens is 1. The fraction of sp³-hybridized carbons (Fsp3) is 0.214. The van der Waals surface area contributed by atoms with Crippen LogP contribution in [0.1, 0.15) is 26.5 Å². The predicted molar refractivity (Wildman–Crippen MR) is 78.8 cm³/mol. The van der Waals surface area contributed by atoms with Crippen molar-refractivity contribution in [2.45, 2.75) is 13.1 Å². The quantitative estimate of drug-likeness (QED) is 0.729. The second kappa shape index (κ2) is 5.05. The number of halogens is 3. The number of nitrogens with zero attached hydrogens (tertiary/aromatic N) is 2. The highest BCUT2D eigenvalue weighted by Gasteiger charge is 2.35. The Kier molecular flexibility index (Phi) is 3.40. The Morgan fingerprint density at radius 1 is 1.30 bits per heavy atom. The Labute approximate surface area is 131 Å². The van der Waals surface area contributed by atoms with Gasteiger partial charge in [0, 0.05) is 18.8 Å². The van der Waals surface area contributed by atoms with Gasteiger partial charge >= 0.3 is 6.18 Å². The average Bonchev–Trinajstić information content (AvgIpc) is 3.04. The van der Waals surface area contributed by atoms with Crippen LogP contribution in [0.25, 0.3) is 10.2 Å². The second-order valence-electron chi connectivity index (χ2n) is 4.98. The lowest BCUT2D eigenvalue weighted by Crippen LogP contribution is -2.19. The zero-order chi connectivity index (χ0) is 16.9. The summed E-state index contributed by atoms with van der Waals surface area (Å²) in [5.74, 6) is -0.548. The molecule has 5 nitrogen and oxygen atoms in total. The van der Waals surface area contributed by atoms with Crippen molar-refractivity contribution in [3.63, 3.8) is 0 Å². The first-order valence-corrected chi connectivity index (χ1v) is 7.28. The van der Waals surface area contributed by atoms with Crippen LogP contribution in [-0.2, 0) is 13.2 Å². The molecule has 0 atom stereocenters. The van der Waals surface area contributed by atoms with E-state index in [0.29, 0.717) is 21.6 Å². The molecule has 0 unspecified atom stereocenters. The van der Waals surface area contributed by atoms with Gasteiger partial charge in [0.1, 0.15) is 5.56 Å². The van der Waals surface area contributed by atoms with Crippen LogP contribution in [0.5, 0.6) is 0 Å². The fourth-order valence-electron chi connectivity index (χ4n) is 2.26. The summed E-state index contributed by atoms with van der Waals surface area (Å²) in [7, 11) is 1.46. The molecule has 0 aliphatic rings. The molecule has 23 heavy (non-hydrogen) atoms. The number of nitrogens with one attached hydrogen (secondary N) is 1. The number of hydrogen-bond acceptors (Lipinski definition) is 4. The van der Waals surface area contributed by atoms with Gasteiger partial charge in [0.15, 0.2) is 5.01 Å². The third-order valence-electron chi connectivity index (χ3n) is 3.48. The van der Waals surface area contributed by atoms with E-state index in [9.17, 15) is 22.8 Å². The standard InChI is InChI=1S/C14H10F3N3O2S/c1-6-7(11(21)8-5-18-20(2)12(8)22)3-4-9-10(6)19-13(23-9)14(15,16)17/h3-5,18H,1-2H3. The molecule has 9 heteroatoms. The number of carbonyl (C=O) groups excluding carboxylic acids is 1. The van der Waals surface area contributed by atoms with Gasteiger partial charge in [0.25, 0.3) is 5.56 Å². The first-order valence-electron chi connectivity index (χ1n) is 6.46. The van der Waals surface area contributed by atoms with Crippen LogP contribution >= 0.6 is 11.3 Å². The minimum atomic E-state index is -4.53. The molecule has 120 valence electrons. The maximum absolute atomic E-state index is 12.8. The molecule has 0 fully saturated rings. The fourth-order valence-corrected chi connectivity index (χ4v) is 3.16. The largest absolute Gasteiger partial charge is 0.443 e. The van der Waals surface area contributed by atoms with E-state index in [4.69, 9.17) is 0 Å². The Hall–Kier alpha value is -2.42. The van der Waals surface area contributed by atoms with Gasteiger partial charge in [-0.3, -0.25) is 14.3 Å². The van der Waals surface area contributed by atoms with Crippen molar-refractivity contribution < 1.29 is 18.0 Å². The minimum Gasteiger partial charge on any atom is -0.302 e. The summed E-state index contributed by atoms with van der Waals surface area (Å²) in [6, 6.07) is 2.84. The smallest absolute Gasteiger partial charge is 0.302 e. The molecule has 1 aromatic carbocycles.